The lowest BCUT2D eigenvalue weighted by Crippen LogP contribution is -2.47. The minimum atomic E-state index is -0.0483. The maximum Gasteiger partial charge on any atom is 0.248 e. The lowest BCUT2D eigenvalue weighted by Gasteiger charge is -2.33. The number of likely N-dealkylation sites (tertiary alicyclic amines) is 1. The van der Waals surface area contributed by atoms with Gasteiger partial charge in [-0.25, -0.2) is 0 Å². The summed E-state index contributed by atoms with van der Waals surface area (Å²) in [5, 5.41) is 6.25. The van der Waals surface area contributed by atoms with E-state index in [9.17, 15) is 9.59 Å². The minimum absolute atomic E-state index is 0. The molecule has 0 radical (unpaired) electrons. The molecule has 2 aliphatic rings. The Morgan fingerprint density at radius 2 is 1.97 bits per heavy atom. The highest BCUT2D eigenvalue weighted by Crippen LogP contribution is 2.16. The first-order valence-electron chi connectivity index (χ1n) is 10.3. The molecule has 3 rings (SSSR count). The molecule has 2 aliphatic heterocycles. The number of hydrogen-bond donors (Lipinski definition) is 2. The number of carbonyl (C=O) groups excluding carboxylic acids is 2. The molecule has 2 atom stereocenters. The fourth-order valence-corrected chi connectivity index (χ4v) is 3.72. The van der Waals surface area contributed by atoms with Gasteiger partial charge in [0, 0.05) is 19.6 Å². The van der Waals surface area contributed by atoms with Crippen molar-refractivity contribution in [2.75, 3.05) is 46.0 Å². The summed E-state index contributed by atoms with van der Waals surface area (Å²) >= 11 is 0. The van der Waals surface area contributed by atoms with Gasteiger partial charge in [-0.15, -0.1) is 12.4 Å². The van der Waals surface area contributed by atoms with Gasteiger partial charge in [-0.3, -0.25) is 9.59 Å². The number of carbonyl (C=O) groups is 2. The van der Waals surface area contributed by atoms with E-state index in [1.807, 2.05) is 35.2 Å². The molecule has 0 aromatic heterocycles. The Balaban J connectivity index is 0.00000300. The van der Waals surface area contributed by atoms with Gasteiger partial charge < -0.3 is 25.0 Å². The molecule has 0 spiro atoms. The molecule has 7 nitrogen and oxygen atoms in total. The standard InChI is InChI=1S/C21H31N3O4.ClH/c25-20(16-27-12-13-28-18-7-2-1-3-8-18)24-11-5-6-17(15-24)14-23-21(26)19-9-4-10-22-19;/h1-3,7-8,17,19,22H,4-6,9-16H2,(H,23,26);1H. The molecule has 29 heavy (non-hydrogen) atoms. The van der Waals surface area contributed by atoms with Crippen LogP contribution in [0.2, 0.25) is 0 Å². The Bertz CT molecular complexity index is 626. The van der Waals surface area contributed by atoms with Gasteiger partial charge in [0.2, 0.25) is 11.8 Å². The zero-order valence-corrected chi connectivity index (χ0v) is 17.6. The lowest BCUT2D eigenvalue weighted by molar-refractivity contribution is -0.138. The van der Waals surface area contributed by atoms with Gasteiger partial charge in [-0.2, -0.15) is 0 Å². The van der Waals surface area contributed by atoms with Crippen LogP contribution in [0.15, 0.2) is 30.3 Å². The van der Waals surface area contributed by atoms with E-state index in [0.29, 0.717) is 32.2 Å². The summed E-state index contributed by atoms with van der Waals surface area (Å²) in [7, 11) is 0. The average Bonchev–Trinajstić information content (AvgIpc) is 3.28. The van der Waals surface area contributed by atoms with Gasteiger partial charge in [0.1, 0.15) is 19.0 Å². The molecule has 1 aromatic rings. The maximum atomic E-state index is 12.4. The second kappa shape index (κ2) is 12.7. The van der Waals surface area contributed by atoms with Crippen molar-refractivity contribution < 1.29 is 19.1 Å². The maximum absolute atomic E-state index is 12.4. The van der Waals surface area contributed by atoms with E-state index in [0.717, 1.165) is 44.5 Å². The van der Waals surface area contributed by atoms with Crippen LogP contribution in [0.1, 0.15) is 25.7 Å². The van der Waals surface area contributed by atoms with Gasteiger partial charge in [-0.05, 0) is 50.3 Å². The summed E-state index contributed by atoms with van der Waals surface area (Å²) < 4.78 is 11.0. The Hall–Kier alpha value is -1.83. The number of piperidine rings is 1. The molecule has 2 N–H and O–H groups in total. The van der Waals surface area contributed by atoms with Crippen molar-refractivity contribution >= 4 is 24.2 Å². The number of nitrogens with zero attached hydrogens (tertiary/aromatic N) is 1. The van der Waals surface area contributed by atoms with Gasteiger partial charge in [0.25, 0.3) is 0 Å². The molecular formula is C21H32ClN3O4. The average molecular weight is 426 g/mol. The smallest absolute Gasteiger partial charge is 0.248 e. The van der Waals surface area contributed by atoms with Gasteiger partial charge in [0.15, 0.2) is 0 Å². The molecule has 2 heterocycles. The largest absolute Gasteiger partial charge is 0.491 e. The highest BCUT2D eigenvalue weighted by Gasteiger charge is 2.26. The zero-order valence-electron chi connectivity index (χ0n) is 16.8. The number of amides is 2. The molecule has 2 amide bonds. The molecular weight excluding hydrogens is 394 g/mol. The summed E-state index contributed by atoms with van der Waals surface area (Å²) in [5.41, 5.74) is 0. The SMILES string of the molecule is Cl.O=C(NCC1CCCN(C(=O)COCCOc2ccccc2)C1)C1CCCN1. The molecule has 0 saturated carbocycles. The molecule has 2 fully saturated rings. The van der Waals surface area contributed by atoms with Gasteiger partial charge >= 0.3 is 0 Å². The summed E-state index contributed by atoms with van der Waals surface area (Å²) in [6.45, 7) is 3.86. The number of ether oxygens (including phenoxy) is 2. The zero-order chi connectivity index (χ0) is 19.6. The van der Waals surface area contributed by atoms with Crippen LogP contribution in [0.25, 0.3) is 0 Å². The number of benzene rings is 1. The van der Waals surface area contributed by atoms with Gasteiger partial charge in [0.05, 0.1) is 12.6 Å². The summed E-state index contributed by atoms with van der Waals surface area (Å²) in [6.07, 6.45) is 3.96. The first kappa shape index (κ1) is 23.4. The number of para-hydroxylation sites is 1. The van der Waals surface area contributed by atoms with Crippen LogP contribution >= 0.6 is 12.4 Å². The van der Waals surface area contributed by atoms with E-state index >= 15 is 0 Å². The number of nitrogens with one attached hydrogen (secondary N) is 2. The predicted molar refractivity (Wildman–Crippen MR) is 113 cm³/mol. The Morgan fingerprint density at radius 1 is 1.14 bits per heavy atom. The third-order valence-corrected chi connectivity index (χ3v) is 5.28. The van der Waals surface area contributed by atoms with Crippen molar-refractivity contribution in [2.24, 2.45) is 5.92 Å². The topological polar surface area (TPSA) is 79.9 Å². The summed E-state index contributed by atoms with van der Waals surface area (Å²) in [6, 6.07) is 9.50. The first-order valence-corrected chi connectivity index (χ1v) is 10.3. The number of hydrogen-bond acceptors (Lipinski definition) is 5. The van der Waals surface area contributed by atoms with Crippen molar-refractivity contribution in [3.8, 4) is 5.75 Å². The van der Waals surface area contributed by atoms with Crippen LogP contribution in [0.3, 0.4) is 0 Å². The molecule has 162 valence electrons. The fraction of sp³-hybridized carbons (Fsp3) is 0.619. The Morgan fingerprint density at radius 3 is 2.72 bits per heavy atom. The van der Waals surface area contributed by atoms with Crippen molar-refractivity contribution in [1.29, 1.82) is 0 Å². The predicted octanol–water partition coefficient (Wildman–Crippen LogP) is 1.61. The van der Waals surface area contributed by atoms with E-state index in [-0.39, 0.29) is 36.9 Å². The molecule has 0 aliphatic carbocycles. The monoisotopic (exact) mass is 425 g/mol. The van der Waals surface area contributed by atoms with Crippen LogP contribution in [0.5, 0.6) is 5.75 Å². The Kier molecular flexibility index (Phi) is 10.2. The second-order valence-corrected chi connectivity index (χ2v) is 7.46. The fourth-order valence-electron chi connectivity index (χ4n) is 3.72. The quantitative estimate of drug-likeness (QED) is 0.587. The van der Waals surface area contributed by atoms with E-state index in [4.69, 9.17) is 9.47 Å². The summed E-state index contributed by atoms with van der Waals surface area (Å²) in [5.74, 6) is 1.20. The molecule has 1 aromatic carbocycles. The van der Waals surface area contributed by atoms with Crippen LogP contribution < -0.4 is 15.4 Å². The normalized spacial score (nSPS) is 21.3. The second-order valence-electron chi connectivity index (χ2n) is 7.46. The highest BCUT2D eigenvalue weighted by molar-refractivity contribution is 5.85. The molecule has 2 unspecified atom stereocenters. The van der Waals surface area contributed by atoms with E-state index in [1.54, 1.807) is 0 Å². The third-order valence-electron chi connectivity index (χ3n) is 5.28. The van der Waals surface area contributed by atoms with Crippen molar-refractivity contribution in [3.05, 3.63) is 30.3 Å². The molecule has 8 heteroatoms. The van der Waals surface area contributed by atoms with Crippen LogP contribution in [-0.4, -0.2) is 68.8 Å². The first-order chi connectivity index (χ1) is 13.7. The molecule has 0 bridgehead atoms. The lowest BCUT2D eigenvalue weighted by atomic mass is 9.97. The number of rotatable bonds is 9. The van der Waals surface area contributed by atoms with Gasteiger partial charge in [-0.1, -0.05) is 18.2 Å². The van der Waals surface area contributed by atoms with Crippen LogP contribution in [-0.2, 0) is 14.3 Å². The minimum Gasteiger partial charge on any atom is -0.491 e. The number of halogens is 1. The van der Waals surface area contributed by atoms with E-state index in [2.05, 4.69) is 10.6 Å². The van der Waals surface area contributed by atoms with Crippen LogP contribution in [0.4, 0.5) is 0 Å². The van der Waals surface area contributed by atoms with Crippen molar-refractivity contribution in [3.63, 3.8) is 0 Å². The third kappa shape index (κ3) is 7.84. The summed E-state index contributed by atoms with van der Waals surface area (Å²) in [4.78, 5) is 26.4. The van der Waals surface area contributed by atoms with Crippen molar-refractivity contribution in [2.45, 2.75) is 31.7 Å². The van der Waals surface area contributed by atoms with Crippen molar-refractivity contribution in [1.82, 2.24) is 15.5 Å². The van der Waals surface area contributed by atoms with Crippen LogP contribution in [0, 0.1) is 5.92 Å². The highest BCUT2D eigenvalue weighted by atomic mass is 35.5. The van der Waals surface area contributed by atoms with E-state index < -0.39 is 0 Å². The Labute approximate surface area is 178 Å². The van der Waals surface area contributed by atoms with E-state index in [1.165, 1.54) is 0 Å². The molecule has 2 saturated heterocycles.